The van der Waals surface area contributed by atoms with Gasteiger partial charge in [-0.25, -0.2) is 0 Å². The first kappa shape index (κ1) is 9.85. The van der Waals surface area contributed by atoms with E-state index in [1.165, 1.54) is 12.1 Å². The first-order chi connectivity index (χ1) is 6.03. The Labute approximate surface area is 72.6 Å². The van der Waals surface area contributed by atoms with Gasteiger partial charge in [0.05, 0.1) is 6.61 Å². The van der Waals surface area contributed by atoms with Gasteiger partial charge in [0.1, 0.15) is 5.75 Å². The summed E-state index contributed by atoms with van der Waals surface area (Å²) in [5, 5.41) is 8.65. The minimum Gasteiger partial charge on any atom is -0.405 e. The van der Waals surface area contributed by atoms with Gasteiger partial charge in [-0.15, -0.1) is 13.2 Å². The molecule has 0 amide bonds. The van der Waals surface area contributed by atoms with Crippen molar-refractivity contribution in [3.05, 3.63) is 29.8 Å². The molecule has 0 atom stereocenters. The molecule has 0 heterocycles. The Balaban J connectivity index is 2.87. The van der Waals surface area contributed by atoms with Gasteiger partial charge in [-0.3, -0.25) is 0 Å². The summed E-state index contributed by atoms with van der Waals surface area (Å²) in [4.78, 5) is 0. The fourth-order valence-electron chi connectivity index (χ4n) is 0.798. The van der Waals surface area contributed by atoms with Gasteiger partial charge in [0.15, 0.2) is 0 Å². The van der Waals surface area contributed by atoms with Crippen LogP contribution in [0.1, 0.15) is 5.56 Å². The van der Waals surface area contributed by atoms with Crippen molar-refractivity contribution < 1.29 is 23.0 Å². The third-order valence-electron chi connectivity index (χ3n) is 1.31. The van der Waals surface area contributed by atoms with Crippen molar-refractivity contribution in [1.29, 1.82) is 0 Å². The monoisotopic (exact) mass is 191 g/mol. The van der Waals surface area contributed by atoms with Crippen LogP contribution in [-0.4, -0.2) is 11.5 Å². The van der Waals surface area contributed by atoms with Crippen LogP contribution in [0.15, 0.2) is 18.2 Å². The second-order valence-corrected chi connectivity index (χ2v) is 2.24. The second-order valence-electron chi connectivity index (χ2n) is 2.24. The number of hydrogen-bond donors (Lipinski definition) is 1. The smallest absolute Gasteiger partial charge is 0.405 e. The minimum atomic E-state index is -4.74. The predicted octanol–water partition coefficient (Wildman–Crippen LogP) is 1.88. The topological polar surface area (TPSA) is 29.5 Å². The van der Waals surface area contributed by atoms with E-state index < -0.39 is 18.7 Å². The molecule has 0 saturated carbocycles. The van der Waals surface area contributed by atoms with Crippen LogP contribution in [0.5, 0.6) is 5.75 Å². The molecule has 13 heavy (non-hydrogen) atoms. The molecule has 0 bridgehead atoms. The van der Waals surface area contributed by atoms with Crippen LogP contribution in [0.3, 0.4) is 0 Å². The summed E-state index contributed by atoms with van der Waals surface area (Å²) < 4.78 is 38.9. The minimum absolute atomic E-state index is 0.0797. The van der Waals surface area contributed by atoms with Crippen molar-refractivity contribution in [2.45, 2.75) is 13.0 Å². The van der Waals surface area contributed by atoms with Crippen LogP contribution >= 0.6 is 0 Å². The highest BCUT2D eigenvalue weighted by molar-refractivity contribution is 5.32. The normalized spacial score (nSPS) is 11.4. The average Bonchev–Trinajstić information content (AvgIpc) is 2.02. The molecule has 2 nitrogen and oxygen atoms in total. The van der Waals surface area contributed by atoms with Gasteiger partial charge in [-0.1, -0.05) is 12.1 Å². The van der Waals surface area contributed by atoms with Crippen molar-refractivity contribution >= 4 is 0 Å². The molecule has 71 valence electrons. The summed E-state index contributed by atoms with van der Waals surface area (Å²) in [5.41, 5.74) is 0.0797. The maximum Gasteiger partial charge on any atom is 0.573 e. The summed E-state index contributed by atoms with van der Waals surface area (Å²) in [7, 11) is 0. The van der Waals surface area contributed by atoms with Crippen molar-refractivity contribution in [1.82, 2.24) is 0 Å². The van der Waals surface area contributed by atoms with Gasteiger partial charge >= 0.3 is 6.36 Å². The van der Waals surface area contributed by atoms with Gasteiger partial charge in [0.2, 0.25) is 0 Å². The number of ether oxygens (including phenoxy) is 1. The summed E-state index contributed by atoms with van der Waals surface area (Å²) in [6.07, 6.45) is -4.74. The molecule has 0 aromatic heterocycles. The molecule has 0 spiro atoms. The average molecular weight is 191 g/mol. The highest BCUT2D eigenvalue weighted by Crippen LogP contribution is 2.25. The molecule has 0 aliphatic rings. The molecule has 0 aliphatic heterocycles. The molecule has 1 aromatic carbocycles. The number of aliphatic hydroxyl groups excluding tert-OH is 1. The molecule has 1 radical (unpaired) electrons. The number of rotatable bonds is 2. The zero-order valence-corrected chi connectivity index (χ0v) is 6.43. The standard InChI is InChI=1S/C8H6F3O2/c9-8(10,11)13-7-4-2-1-3-6(7)5-12/h1,3-4,12H,5H2. The molecule has 0 unspecified atom stereocenters. The van der Waals surface area contributed by atoms with Crippen molar-refractivity contribution in [2.24, 2.45) is 0 Å². The number of benzene rings is 1. The molecule has 0 aliphatic carbocycles. The van der Waals surface area contributed by atoms with E-state index in [1.54, 1.807) is 0 Å². The van der Waals surface area contributed by atoms with Gasteiger partial charge in [-0.05, 0) is 12.1 Å². The number of aliphatic hydroxyl groups is 1. The maximum atomic E-state index is 11.7. The van der Waals surface area contributed by atoms with E-state index in [0.29, 0.717) is 0 Å². The van der Waals surface area contributed by atoms with Gasteiger partial charge in [-0.2, -0.15) is 0 Å². The van der Waals surface area contributed by atoms with E-state index in [2.05, 4.69) is 10.8 Å². The molecule has 1 N–H and O–H groups in total. The second kappa shape index (κ2) is 3.66. The summed E-state index contributed by atoms with van der Waals surface area (Å²) in [5.74, 6) is -0.419. The van der Waals surface area contributed by atoms with Crippen LogP contribution in [0.4, 0.5) is 13.2 Å². The number of hydrogen-bond acceptors (Lipinski definition) is 2. The molecular weight excluding hydrogens is 185 g/mol. The zero-order chi connectivity index (χ0) is 9.90. The van der Waals surface area contributed by atoms with Crippen molar-refractivity contribution in [2.75, 3.05) is 0 Å². The van der Waals surface area contributed by atoms with E-state index in [-0.39, 0.29) is 5.56 Å². The third-order valence-corrected chi connectivity index (χ3v) is 1.31. The van der Waals surface area contributed by atoms with Crippen LogP contribution in [0, 0.1) is 6.07 Å². The van der Waals surface area contributed by atoms with Gasteiger partial charge < -0.3 is 9.84 Å². The highest BCUT2D eigenvalue weighted by Gasteiger charge is 2.31. The van der Waals surface area contributed by atoms with E-state index in [1.807, 2.05) is 0 Å². The summed E-state index contributed by atoms with van der Waals surface area (Å²) >= 11 is 0. The summed E-state index contributed by atoms with van der Waals surface area (Å²) in [6.45, 7) is -0.500. The van der Waals surface area contributed by atoms with Crippen LogP contribution in [0.2, 0.25) is 0 Å². The fourth-order valence-corrected chi connectivity index (χ4v) is 0.798. The largest absolute Gasteiger partial charge is 0.573 e. The third kappa shape index (κ3) is 2.95. The lowest BCUT2D eigenvalue weighted by Crippen LogP contribution is -2.18. The fraction of sp³-hybridized carbons (Fsp3) is 0.250. The van der Waals surface area contributed by atoms with Crippen molar-refractivity contribution in [3.8, 4) is 5.75 Å². The molecule has 1 rings (SSSR count). The van der Waals surface area contributed by atoms with E-state index in [0.717, 1.165) is 6.07 Å². The molecule has 5 heteroatoms. The Hall–Kier alpha value is -1.23. The maximum absolute atomic E-state index is 11.7. The first-order valence-electron chi connectivity index (χ1n) is 3.38. The number of halogens is 3. The Morgan fingerprint density at radius 3 is 2.69 bits per heavy atom. The Morgan fingerprint density at radius 1 is 1.46 bits per heavy atom. The Kier molecular flexibility index (Phi) is 2.77. The lowest BCUT2D eigenvalue weighted by Gasteiger charge is -2.11. The van der Waals surface area contributed by atoms with Crippen LogP contribution < -0.4 is 4.74 Å². The van der Waals surface area contributed by atoms with Crippen molar-refractivity contribution in [3.63, 3.8) is 0 Å². The molecule has 1 aromatic rings. The molecular formula is C8H6F3O2. The molecule has 0 saturated heterocycles. The van der Waals surface area contributed by atoms with Crippen LogP contribution in [0.25, 0.3) is 0 Å². The van der Waals surface area contributed by atoms with Gasteiger partial charge in [0.25, 0.3) is 0 Å². The predicted molar refractivity (Wildman–Crippen MR) is 37.9 cm³/mol. The summed E-state index contributed by atoms with van der Waals surface area (Å²) in [6, 6.07) is 6.15. The van der Waals surface area contributed by atoms with E-state index >= 15 is 0 Å². The first-order valence-corrected chi connectivity index (χ1v) is 3.38. The zero-order valence-electron chi connectivity index (χ0n) is 6.43. The van der Waals surface area contributed by atoms with E-state index in [9.17, 15) is 13.2 Å². The quantitative estimate of drug-likeness (QED) is 0.773. The van der Waals surface area contributed by atoms with Gasteiger partial charge in [0, 0.05) is 5.56 Å². The number of alkyl halides is 3. The SMILES string of the molecule is OCc1cc[c]cc1OC(F)(F)F. The van der Waals surface area contributed by atoms with E-state index in [4.69, 9.17) is 5.11 Å². The lowest BCUT2D eigenvalue weighted by molar-refractivity contribution is -0.275. The Bertz CT molecular complexity index is 283. The Morgan fingerprint density at radius 2 is 2.15 bits per heavy atom. The molecule has 0 fully saturated rings. The lowest BCUT2D eigenvalue weighted by atomic mass is 10.2. The highest BCUT2D eigenvalue weighted by atomic mass is 19.4. The van der Waals surface area contributed by atoms with Crippen LogP contribution in [-0.2, 0) is 6.61 Å².